The van der Waals surface area contributed by atoms with Crippen LogP contribution in [0, 0.1) is 0 Å². The second kappa shape index (κ2) is 8.38. The molecule has 2 heterocycles. The molecule has 32 heavy (non-hydrogen) atoms. The molecule has 4 rings (SSSR count). The van der Waals surface area contributed by atoms with Gasteiger partial charge in [-0.1, -0.05) is 28.1 Å². The third kappa shape index (κ3) is 3.96. The first-order valence-electron chi connectivity index (χ1n) is 9.27. The van der Waals surface area contributed by atoms with Crippen LogP contribution in [0.3, 0.4) is 0 Å². The fourth-order valence-electron chi connectivity index (χ4n) is 3.27. The summed E-state index contributed by atoms with van der Waals surface area (Å²) in [7, 11) is 2.87. The molecule has 1 aromatic heterocycles. The summed E-state index contributed by atoms with van der Waals surface area (Å²) >= 11 is 4.31. The Hall–Kier alpha value is -2.63. The van der Waals surface area contributed by atoms with Gasteiger partial charge in [0.2, 0.25) is 5.13 Å². The number of benzene rings is 2. The molecule has 0 fully saturated rings. The Morgan fingerprint density at radius 3 is 2.47 bits per heavy atom. The number of methoxy groups -OCH3 is 2. The summed E-state index contributed by atoms with van der Waals surface area (Å²) in [5.74, 6) is 0.760. The summed E-state index contributed by atoms with van der Waals surface area (Å²) in [4.78, 5) is 4.31. The Bertz CT molecular complexity index is 1170. The van der Waals surface area contributed by atoms with E-state index in [1.165, 1.54) is 14.2 Å². The standard InChI is InChI=1S/C21H17BrF3N3O3S/c1-30-14-7-8-15(18(9-14)31-2)16-10-20(29,21(23,24)25)28(27-16)19-26-17(11-32-19)12-3-5-13(22)6-4-12/h3-9,11,29H,10H2,1-2H3. The minimum Gasteiger partial charge on any atom is -0.497 e. The van der Waals surface area contributed by atoms with Gasteiger partial charge in [0, 0.05) is 27.0 Å². The highest BCUT2D eigenvalue weighted by molar-refractivity contribution is 9.10. The Morgan fingerprint density at radius 2 is 1.84 bits per heavy atom. The summed E-state index contributed by atoms with van der Waals surface area (Å²) in [6.07, 6.45) is -5.77. The van der Waals surface area contributed by atoms with Crippen molar-refractivity contribution in [2.45, 2.75) is 18.3 Å². The predicted octanol–water partition coefficient (Wildman–Crippen LogP) is 5.46. The Balaban J connectivity index is 1.77. The van der Waals surface area contributed by atoms with Crippen LogP contribution in [0.2, 0.25) is 0 Å². The highest BCUT2D eigenvalue weighted by Crippen LogP contribution is 2.46. The van der Waals surface area contributed by atoms with E-state index in [0.29, 0.717) is 22.0 Å². The number of halogens is 4. The van der Waals surface area contributed by atoms with E-state index in [0.717, 1.165) is 21.4 Å². The number of alkyl halides is 3. The van der Waals surface area contributed by atoms with Crippen LogP contribution < -0.4 is 14.5 Å². The van der Waals surface area contributed by atoms with E-state index in [1.54, 1.807) is 35.7 Å². The van der Waals surface area contributed by atoms with Gasteiger partial charge in [0.1, 0.15) is 11.5 Å². The topological polar surface area (TPSA) is 67.2 Å². The molecule has 0 aliphatic carbocycles. The summed E-state index contributed by atoms with van der Waals surface area (Å²) in [6, 6.07) is 11.9. The van der Waals surface area contributed by atoms with Gasteiger partial charge in [-0.05, 0) is 24.3 Å². The molecule has 0 bridgehead atoms. The molecule has 168 valence electrons. The van der Waals surface area contributed by atoms with E-state index in [1.807, 2.05) is 12.1 Å². The van der Waals surface area contributed by atoms with Gasteiger partial charge < -0.3 is 14.6 Å². The lowest BCUT2D eigenvalue weighted by Gasteiger charge is -2.32. The van der Waals surface area contributed by atoms with E-state index in [-0.39, 0.29) is 16.6 Å². The summed E-state index contributed by atoms with van der Waals surface area (Å²) < 4.78 is 53.3. The zero-order chi connectivity index (χ0) is 23.1. The fraction of sp³-hybridized carbons (Fsp3) is 0.238. The van der Waals surface area contributed by atoms with Crippen LogP contribution in [0.5, 0.6) is 11.5 Å². The molecule has 3 aromatic rings. The Morgan fingerprint density at radius 1 is 1.12 bits per heavy atom. The quantitative estimate of drug-likeness (QED) is 0.477. The molecule has 2 aromatic carbocycles. The van der Waals surface area contributed by atoms with Gasteiger partial charge in [-0.3, -0.25) is 0 Å². The van der Waals surface area contributed by atoms with Gasteiger partial charge in [0.25, 0.3) is 5.72 Å². The first kappa shape index (κ1) is 22.6. The molecule has 1 aliphatic heterocycles. The summed E-state index contributed by atoms with van der Waals surface area (Å²) in [5.41, 5.74) is -1.70. The Kier molecular flexibility index (Phi) is 5.91. The minimum atomic E-state index is -4.98. The zero-order valence-corrected chi connectivity index (χ0v) is 19.3. The van der Waals surface area contributed by atoms with Gasteiger partial charge >= 0.3 is 6.18 Å². The number of hydrazone groups is 1. The number of nitrogens with zero attached hydrogens (tertiary/aromatic N) is 3. The molecule has 0 saturated heterocycles. The van der Waals surface area contributed by atoms with Crippen molar-refractivity contribution in [1.29, 1.82) is 0 Å². The van der Waals surface area contributed by atoms with Crippen molar-refractivity contribution in [2.24, 2.45) is 5.10 Å². The number of hydrogen-bond acceptors (Lipinski definition) is 7. The minimum absolute atomic E-state index is 0.0183. The van der Waals surface area contributed by atoms with Crippen LogP contribution in [0.15, 0.2) is 57.4 Å². The molecule has 1 N–H and O–H groups in total. The van der Waals surface area contributed by atoms with Gasteiger partial charge in [0.05, 0.1) is 32.0 Å². The Labute approximate surface area is 194 Å². The molecule has 6 nitrogen and oxygen atoms in total. The van der Waals surface area contributed by atoms with E-state index < -0.39 is 18.3 Å². The van der Waals surface area contributed by atoms with Crippen molar-refractivity contribution in [2.75, 3.05) is 19.2 Å². The van der Waals surface area contributed by atoms with Crippen LogP contribution >= 0.6 is 27.3 Å². The molecular weight excluding hydrogens is 511 g/mol. The summed E-state index contributed by atoms with van der Waals surface area (Å²) in [5, 5.41) is 17.0. The van der Waals surface area contributed by atoms with Crippen molar-refractivity contribution in [3.63, 3.8) is 0 Å². The number of rotatable bonds is 5. The van der Waals surface area contributed by atoms with Gasteiger partial charge in [-0.25, -0.2) is 4.98 Å². The highest BCUT2D eigenvalue weighted by Gasteiger charge is 2.62. The number of hydrogen-bond donors (Lipinski definition) is 1. The maximum absolute atomic E-state index is 14.0. The largest absolute Gasteiger partial charge is 0.497 e. The van der Waals surface area contributed by atoms with Gasteiger partial charge in [0.15, 0.2) is 0 Å². The van der Waals surface area contributed by atoms with E-state index in [9.17, 15) is 18.3 Å². The van der Waals surface area contributed by atoms with Crippen LogP contribution in [0.1, 0.15) is 12.0 Å². The second-order valence-electron chi connectivity index (χ2n) is 6.94. The maximum atomic E-state index is 14.0. The lowest BCUT2D eigenvalue weighted by Crippen LogP contribution is -2.55. The third-order valence-corrected chi connectivity index (χ3v) is 6.32. The normalized spacial score (nSPS) is 18.6. The number of aromatic nitrogens is 1. The molecule has 0 spiro atoms. The maximum Gasteiger partial charge on any atom is 0.438 e. The molecule has 11 heteroatoms. The van der Waals surface area contributed by atoms with E-state index >= 15 is 0 Å². The van der Waals surface area contributed by atoms with E-state index in [2.05, 4.69) is 26.0 Å². The predicted molar refractivity (Wildman–Crippen MR) is 119 cm³/mol. The highest BCUT2D eigenvalue weighted by atomic mass is 79.9. The fourth-order valence-corrected chi connectivity index (χ4v) is 4.38. The van der Waals surface area contributed by atoms with Crippen molar-refractivity contribution in [3.8, 4) is 22.8 Å². The number of thiazole rings is 1. The lowest BCUT2D eigenvalue weighted by atomic mass is 10.00. The lowest BCUT2D eigenvalue weighted by molar-refractivity contribution is -0.254. The molecule has 1 aliphatic rings. The number of aliphatic hydroxyl groups is 1. The molecule has 0 radical (unpaired) electrons. The van der Waals surface area contributed by atoms with Crippen molar-refractivity contribution >= 4 is 38.1 Å². The van der Waals surface area contributed by atoms with Crippen LogP contribution in [0.4, 0.5) is 18.3 Å². The zero-order valence-electron chi connectivity index (χ0n) is 16.9. The first-order valence-corrected chi connectivity index (χ1v) is 10.9. The number of anilines is 1. The third-order valence-electron chi connectivity index (χ3n) is 4.97. The summed E-state index contributed by atoms with van der Waals surface area (Å²) in [6.45, 7) is 0. The van der Waals surface area contributed by atoms with Crippen LogP contribution in [-0.4, -0.2) is 41.9 Å². The van der Waals surface area contributed by atoms with Gasteiger partial charge in [-0.2, -0.15) is 23.3 Å². The van der Waals surface area contributed by atoms with E-state index in [4.69, 9.17) is 9.47 Å². The van der Waals surface area contributed by atoms with Crippen molar-refractivity contribution in [1.82, 2.24) is 4.98 Å². The molecule has 1 unspecified atom stereocenters. The van der Waals surface area contributed by atoms with Crippen molar-refractivity contribution in [3.05, 3.63) is 57.9 Å². The average Bonchev–Trinajstić information content (AvgIpc) is 3.38. The first-order chi connectivity index (χ1) is 15.2. The molecule has 1 atom stereocenters. The smallest absolute Gasteiger partial charge is 0.438 e. The van der Waals surface area contributed by atoms with Crippen molar-refractivity contribution < 1.29 is 27.8 Å². The average molecular weight is 528 g/mol. The molecular formula is C21H17BrF3N3O3S. The number of ether oxygens (including phenoxy) is 2. The second-order valence-corrected chi connectivity index (χ2v) is 8.69. The SMILES string of the molecule is COc1ccc(C2=NN(c3nc(-c4ccc(Br)cc4)cs3)C(O)(C(F)(F)F)C2)c(OC)c1. The monoisotopic (exact) mass is 527 g/mol. The van der Waals surface area contributed by atoms with Crippen LogP contribution in [0.25, 0.3) is 11.3 Å². The molecule has 0 amide bonds. The molecule has 0 saturated carbocycles. The van der Waals surface area contributed by atoms with Gasteiger partial charge in [-0.15, -0.1) is 11.3 Å². The van der Waals surface area contributed by atoms with Crippen LogP contribution in [-0.2, 0) is 0 Å².